The SMILES string of the molecule is COCC(C)NC(=O)[C@H](N)Cc1ccc(O)cc1. The number of amides is 1. The van der Waals surface area contributed by atoms with Crippen molar-refractivity contribution in [3.8, 4) is 5.75 Å². The number of aromatic hydroxyl groups is 1. The Labute approximate surface area is 107 Å². The van der Waals surface area contributed by atoms with Gasteiger partial charge in [0.1, 0.15) is 5.75 Å². The van der Waals surface area contributed by atoms with Crippen molar-refractivity contribution in [1.82, 2.24) is 5.32 Å². The van der Waals surface area contributed by atoms with E-state index >= 15 is 0 Å². The Morgan fingerprint density at radius 3 is 2.61 bits per heavy atom. The molecule has 1 rings (SSSR count). The van der Waals surface area contributed by atoms with Crippen molar-refractivity contribution in [2.45, 2.75) is 25.4 Å². The summed E-state index contributed by atoms with van der Waals surface area (Å²) in [7, 11) is 1.58. The molecule has 0 fully saturated rings. The minimum absolute atomic E-state index is 0.0617. The Morgan fingerprint density at radius 2 is 2.06 bits per heavy atom. The molecule has 5 heteroatoms. The molecule has 0 aliphatic carbocycles. The first kappa shape index (κ1) is 14.5. The molecular weight excluding hydrogens is 232 g/mol. The number of benzene rings is 1. The van der Waals surface area contributed by atoms with Crippen LogP contribution in [0.2, 0.25) is 0 Å². The van der Waals surface area contributed by atoms with E-state index in [1.165, 1.54) is 0 Å². The van der Waals surface area contributed by atoms with Crippen LogP contribution in [0.4, 0.5) is 0 Å². The molecule has 0 saturated heterocycles. The molecule has 18 heavy (non-hydrogen) atoms. The van der Waals surface area contributed by atoms with Crippen LogP contribution in [0.25, 0.3) is 0 Å². The molecule has 1 aromatic rings. The van der Waals surface area contributed by atoms with Crippen LogP contribution in [0, 0.1) is 0 Å². The summed E-state index contributed by atoms with van der Waals surface area (Å²) in [5, 5.41) is 11.9. The van der Waals surface area contributed by atoms with Gasteiger partial charge in [-0.3, -0.25) is 4.79 Å². The van der Waals surface area contributed by atoms with E-state index in [2.05, 4.69) is 5.32 Å². The monoisotopic (exact) mass is 252 g/mol. The van der Waals surface area contributed by atoms with E-state index in [1.807, 2.05) is 6.92 Å². The molecule has 0 heterocycles. The lowest BCUT2D eigenvalue weighted by Crippen LogP contribution is -2.46. The molecule has 4 N–H and O–H groups in total. The largest absolute Gasteiger partial charge is 0.508 e. The van der Waals surface area contributed by atoms with Crippen LogP contribution in [0.15, 0.2) is 24.3 Å². The molecule has 1 unspecified atom stereocenters. The van der Waals surface area contributed by atoms with Crippen LogP contribution in [0.3, 0.4) is 0 Å². The predicted octanol–water partition coefficient (Wildman–Crippen LogP) is 0.413. The van der Waals surface area contributed by atoms with E-state index in [0.717, 1.165) is 5.56 Å². The predicted molar refractivity (Wildman–Crippen MR) is 69.3 cm³/mol. The van der Waals surface area contributed by atoms with Gasteiger partial charge >= 0.3 is 0 Å². The molecule has 100 valence electrons. The normalized spacial score (nSPS) is 13.9. The molecule has 0 aliphatic rings. The average Bonchev–Trinajstić information content (AvgIpc) is 2.32. The maximum absolute atomic E-state index is 11.8. The molecule has 5 nitrogen and oxygen atoms in total. The highest BCUT2D eigenvalue weighted by Gasteiger charge is 2.16. The summed E-state index contributed by atoms with van der Waals surface area (Å²) in [6.45, 7) is 2.31. The van der Waals surface area contributed by atoms with Crippen molar-refractivity contribution in [3.63, 3.8) is 0 Å². The van der Waals surface area contributed by atoms with Gasteiger partial charge in [0.25, 0.3) is 0 Å². The van der Waals surface area contributed by atoms with Gasteiger partial charge in [-0.15, -0.1) is 0 Å². The minimum atomic E-state index is -0.603. The van der Waals surface area contributed by atoms with E-state index < -0.39 is 6.04 Å². The summed E-state index contributed by atoms with van der Waals surface area (Å²) >= 11 is 0. The highest BCUT2D eigenvalue weighted by molar-refractivity contribution is 5.82. The molecule has 0 aliphatic heterocycles. The summed E-state index contributed by atoms with van der Waals surface area (Å²) in [6.07, 6.45) is 0.436. The summed E-state index contributed by atoms with van der Waals surface area (Å²) in [5.41, 5.74) is 6.73. The second kappa shape index (κ2) is 6.98. The van der Waals surface area contributed by atoms with Crippen LogP contribution in [0.5, 0.6) is 5.75 Å². The van der Waals surface area contributed by atoms with Crippen molar-refractivity contribution >= 4 is 5.91 Å². The van der Waals surface area contributed by atoms with Crippen LogP contribution in [-0.2, 0) is 16.0 Å². The number of phenols is 1. The van der Waals surface area contributed by atoms with Crippen LogP contribution in [0.1, 0.15) is 12.5 Å². The van der Waals surface area contributed by atoms with Gasteiger partial charge in [0.15, 0.2) is 0 Å². The second-order valence-corrected chi connectivity index (χ2v) is 4.34. The second-order valence-electron chi connectivity index (χ2n) is 4.34. The lowest BCUT2D eigenvalue weighted by molar-refractivity contribution is -0.123. The van der Waals surface area contributed by atoms with Gasteiger partial charge in [-0.25, -0.2) is 0 Å². The number of methoxy groups -OCH3 is 1. The van der Waals surface area contributed by atoms with E-state index in [9.17, 15) is 4.79 Å². The standard InChI is InChI=1S/C13H20N2O3/c1-9(8-18-2)15-13(17)12(14)7-10-3-5-11(16)6-4-10/h3-6,9,12,16H,7-8,14H2,1-2H3,(H,15,17)/t9?,12-/m1/s1. The fourth-order valence-corrected chi connectivity index (χ4v) is 1.62. The molecule has 0 bridgehead atoms. The van der Waals surface area contributed by atoms with E-state index in [4.69, 9.17) is 15.6 Å². The molecular formula is C13H20N2O3. The molecule has 0 aromatic heterocycles. The fourth-order valence-electron chi connectivity index (χ4n) is 1.62. The third-order valence-electron chi connectivity index (χ3n) is 2.53. The Bertz CT molecular complexity index is 378. The number of hydrogen-bond acceptors (Lipinski definition) is 4. The van der Waals surface area contributed by atoms with Crippen LogP contribution >= 0.6 is 0 Å². The average molecular weight is 252 g/mol. The highest BCUT2D eigenvalue weighted by atomic mass is 16.5. The number of nitrogens with one attached hydrogen (secondary N) is 1. The van der Waals surface area contributed by atoms with Crippen LogP contribution < -0.4 is 11.1 Å². The minimum Gasteiger partial charge on any atom is -0.508 e. The maximum Gasteiger partial charge on any atom is 0.237 e. The van der Waals surface area contributed by atoms with Gasteiger partial charge in [-0.05, 0) is 31.0 Å². The zero-order valence-corrected chi connectivity index (χ0v) is 10.7. The van der Waals surface area contributed by atoms with Gasteiger partial charge in [-0.1, -0.05) is 12.1 Å². The van der Waals surface area contributed by atoms with E-state index in [1.54, 1.807) is 31.4 Å². The molecule has 2 atom stereocenters. The first-order valence-corrected chi connectivity index (χ1v) is 5.85. The van der Waals surface area contributed by atoms with Gasteiger partial charge < -0.3 is 20.9 Å². The van der Waals surface area contributed by atoms with E-state index in [0.29, 0.717) is 13.0 Å². The summed E-state index contributed by atoms with van der Waals surface area (Å²) < 4.78 is 4.93. The number of hydrogen-bond donors (Lipinski definition) is 3. The van der Waals surface area contributed by atoms with Gasteiger partial charge in [0.2, 0.25) is 5.91 Å². The number of carbonyl (C=O) groups excluding carboxylic acids is 1. The molecule has 0 spiro atoms. The lowest BCUT2D eigenvalue weighted by atomic mass is 10.1. The number of nitrogens with two attached hydrogens (primary N) is 1. The van der Waals surface area contributed by atoms with Crippen molar-refractivity contribution in [3.05, 3.63) is 29.8 Å². The topological polar surface area (TPSA) is 84.6 Å². The molecule has 0 saturated carbocycles. The zero-order chi connectivity index (χ0) is 13.5. The number of carbonyl (C=O) groups is 1. The van der Waals surface area contributed by atoms with Gasteiger partial charge in [0, 0.05) is 13.2 Å². The zero-order valence-electron chi connectivity index (χ0n) is 10.7. The maximum atomic E-state index is 11.8. The molecule has 0 radical (unpaired) electrons. The van der Waals surface area contributed by atoms with Gasteiger partial charge in [-0.2, -0.15) is 0 Å². The Morgan fingerprint density at radius 1 is 1.44 bits per heavy atom. The quantitative estimate of drug-likeness (QED) is 0.684. The van der Waals surface area contributed by atoms with Crippen molar-refractivity contribution in [2.75, 3.05) is 13.7 Å². The highest BCUT2D eigenvalue weighted by Crippen LogP contribution is 2.10. The Hall–Kier alpha value is -1.59. The summed E-state index contributed by atoms with van der Waals surface area (Å²) in [4.78, 5) is 11.8. The first-order chi connectivity index (χ1) is 8.52. The Kier molecular flexibility index (Phi) is 5.61. The fraction of sp³-hybridized carbons (Fsp3) is 0.462. The molecule has 1 amide bonds. The lowest BCUT2D eigenvalue weighted by Gasteiger charge is -2.17. The number of rotatable bonds is 6. The first-order valence-electron chi connectivity index (χ1n) is 5.85. The number of ether oxygens (including phenoxy) is 1. The summed E-state index contributed by atoms with van der Waals surface area (Å²) in [5.74, 6) is -0.00175. The molecule has 1 aromatic carbocycles. The smallest absolute Gasteiger partial charge is 0.237 e. The van der Waals surface area contributed by atoms with Crippen LogP contribution in [-0.4, -0.2) is 36.8 Å². The van der Waals surface area contributed by atoms with Gasteiger partial charge in [0.05, 0.1) is 12.6 Å². The van der Waals surface area contributed by atoms with E-state index in [-0.39, 0.29) is 17.7 Å². The van der Waals surface area contributed by atoms with Crippen molar-refractivity contribution in [2.24, 2.45) is 5.73 Å². The number of phenolic OH excluding ortho intramolecular Hbond substituents is 1. The van der Waals surface area contributed by atoms with Crippen molar-refractivity contribution in [1.29, 1.82) is 0 Å². The van der Waals surface area contributed by atoms with Crippen molar-refractivity contribution < 1.29 is 14.6 Å². The Balaban J connectivity index is 2.46. The third kappa shape index (κ3) is 4.73. The third-order valence-corrected chi connectivity index (χ3v) is 2.53. The summed E-state index contributed by atoms with van der Waals surface area (Å²) in [6, 6.07) is 5.99.